The van der Waals surface area contributed by atoms with Gasteiger partial charge in [-0.05, 0) is 85.5 Å². The van der Waals surface area contributed by atoms with Gasteiger partial charge in [-0.3, -0.25) is 4.98 Å². The molecule has 0 saturated heterocycles. The van der Waals surface area contributed by atoms with Crippen molar-refractivity contribution in [3.05, 3.63) is 150 Å². The Labute approximate surface area is 257 Å². The van der Waals surface area contributed by atoms with Crippen LogP contribution in [0, 0.1) is 0 Å². The van der Waals surface area contributed by atoms with Crippen molar-refractivity contribution in [2.24, 2.45) is 0 Å². The van der Waals surface area contributed by atoms with Crippen molar-refractivity contribution in [1.82, 2.24) is 26.3 Å². The molecule has 2 unspecified atom stereocenters. The highest BCUT2D eigenvalue weighted by Gasteiger charge is 2.21. The summed E-state index contributed by atoms with van der Waals surface area (Å²) < 4.78 is 0. The maximum absolute atomic E-state index is 5.01. The third-order valence-corrected chi connectivity index (χ3v) is 7.59. The minimum absolute atomic E-state index is 0.0904. The zero-order valence-electron chi connectivity index (χ0n) is 25.9. The summed E-state index contributed by atoms with van der Waals surface area (Å²) in [6.45, 7) is 8.36. The molecule has 0 bridgehead atoms. The number of aromatic nitrogens is 1. The van der Waals surface area contributed by atoms with Crippen LogP contribution in [0.4, 0.5) is 5.69 Å². The van der Waals surface area contributed by atoms with Crippen LogP contribution in [0.15, 0.2) is 139 Å². The molecule has 0 amide bonds. The van der Waals surface area contributed by atoms with Gasteiger partial charge in [0, 0.05) is 67.5 Å². The maximum Gasteiger partial charge on any atom is 0.0871 e. The van der Waals surface area contributed by atoms with E-state index < -0.39 is 0 Å². The summed E-state index contributed by atoms with van der Waals surface area (Å²) in [5, 5.41) is 16.6. The van der Waals surface area contributed by atoms with Gasteiger partial charge in [-0.2, -0.15) is 0 Å². The van der Waals surface area contributed by atoms with E-state index >= 15 is 0 Å². The summed E-state index contributed by atoms with van der Waals surface area (Å²) in [5.41, 5.74) is 10.9. The van der Waals surface area contributed by atoms with E-state index in [1.54, 1.807) is 0 Å². The monoisotopic (exact) mass is 572 g/mol. The number of nitrogens with zero attached hydrogens (tertiary/aromatic N) is 1. The number of benzene rings is 1. The number of nitrogens with one attached hydrogen (secondary N) is 5. The number of rotatable bonds is 12. The molecule has 1 aromatic heterocycles. The molecule has 2 aliphatic rings. The van der Waals surface area contributed by atoms with Crippen molar-refractivity contribution in [3.63, 3.8) is 0 Å². The Morgan fingerprint density at radius 1 is 1.14 bits per heavy atom. The van der Waals surface area contributed by atoms with Gasteiger partial charge in [0.15, 0.2) is 0 Å². The molecular formula is C37H44N6. The van der Waals surface area contributed by atoms with Crippen molar-refractivity contribution < 1.29 is 0 Å². The first-order valence-electron chi connectivity index (χ1n) is 14.8. The van der Waals surface area contributed by atoms with Gasteiger partial charge in [-0.15, -0.1) is 0 Å². The lowest BCUT2D eigenvalue weighted by molar-refractivity contribution is 0.705. The molecule has 2 atom stereocenters. The first kappa shape index (κ1) is 31.1. The molecule has 4 rings (SSSR count). The SMILES string of the molecule is C=C/C(=C\C(C)NC)c1cc(C2C=C(C/C=C\C=C(/C)NC)C(C3=CNC=CC=C3)=CN2)ncc1-c1cccc(NC)c1. The molecule has 3 heterocycles. The topological polar surface area (TPSA) is 73.0 Å². The largest absolute Gasteiger partial charge is 0.392 e. The third-order valence-electron chi connectivity index (χ3n) is 7.59. The fourth-order valence-corrected chi connectivity index (χ4v) is 4.91. The standard InChI is InChI=1S/C37H44N6/c1-7-28(19-27(3)39-5)33-22-37(43-25-35(33)29-16-12-17-32(20-29)40-6)36-21-30(14-9-8-13-26(2)38-4)34(24-42-36)31-15-10-11-18-41-23-31/h7-13,15-25,27,36,38-42H,1,14H2,2-6H3/b9-8-,26-13+,28-19+. The van der Waals surface area contributed by atoms with Crippen LogP contribution in [0.3, 0.4) is 0 Å². The van der Waals surface area contributed by atoms with E-state index in [9.17, 15) is 0 Å². The lowest BCUT2D eigenvalue weighted by Gasteiger charge is -2.25. The molecule has 0 spiro atoms. The Morgan fingerprint density at radius 2 is 2.00 bits per heavy atom. The van der Waals surface area contributed by atoms with Crippen molar-refractivity contribution in [1.29, 1.82) is 0 Å². The van der Waals surface area contributed by atoms with Crippen LogP contribution in [-0.4, -0.2) is 32.2 Å². The average Bonchev–Trinajstić information content (AvgIpc) is 3.34. The van der Waals surface area contributed by atoms with Crippen molar-refractivity contribution in [2.45, 2.75) is 32.4 Å². The van der Waals surface area contributed by atoms with Crippen LogP contribution in [0.25, 0.3) is 16.7 Å². The van der Waals surface area contributed by atoms with Gasteiger partial charge >= 0.3 is 0 Å². The minimum Gasteiger partial charge on any atom is -0.392 e. The number of dihydropyridines is 1. The Kier molecular flexibility index (Phi) is 11.2. The summed E-state index contributed by atoms with van der Waals surface area (Å²) >= 11 is 0. The fraction of sp³-hybridized carbons (Fsp3) is 0.216. The minimum atomic E-state index is -0.0904. The predicted molar refractivity (Wildman–Crippen MR) is 184 cm³/mol. The Balaban J connectivity index is 1.78. The fourth-order valence-electron chi connectivity index (χ4n) is 4.91. The summed E-state index contributed by atoms with van der Waals surface area (Å²) in [7, 11) is 5.84. The van der Waals surface area contributed by atoms with Gasteiger partial charge in [0.25, 0.3) is 0 Å². The first-order valence-corrected chi connectivity index (χ1v) is 14.8. The smallest absolute Gasteiger partial charge is 0.0871 e. The second-order valence-corrected chi connectivity index (χ2v) is 10.5. The molecule has 1 aromatic carbocycles. The van der Waals surface area contributed by atoms with Crippen LogP contribution in [-0.2, 0) is 0 Å². The first-order chi connectivity index (χ1) is 21.0. The summed E-state index contributed by atoms with van der Waals surface area (Å²) in [6, 6.07) is 10.7. The quantitative estimate of drug-likeness (QED) is 0.176. The molecule has 5 N–H and O–H groups in total. The molecule has 2 aromatic rings. The van der Waals surface area contributed by atoms with Crippen molar-refractivity contribution in [2.75, 3.05) is 26.5 Å². The molecule has 0 saturated carbocycles. The van der Waals surface area contributed by atoms with Crippen LogP contribution < -0.4 is 26.6 Å². The molecular weight excluding hydrogens is 528 g/mol. The molecule has 6 heteroatoms. The van der Waals surface area contributed by atoms with Crippen molar-refractivity contribution >= 4 is 11.3 Å². The third kappa shape index (κ3) is 8.15. The van der Waals surface area contributed by atoms with E-state index in [0.29, 0.717) is 0 Å². The second-order valence-electron chi connectivity index (χ2n) is 10.5. The highest BCUT2D eigenvalue weighted by Crippen LogP contribution is 2.35. The highest BCUT2D eigenvalue weighted by molar-refractivity contribution is 5.86. The Morgan fingerprint density at radius 3 is 2.77 bits per heavy atom. The Bertz CT molecular complexity index is 1550. The van der Waals surface area contributed by atoms with Crippen LogP contribution in [0.1, 0.15) is 37.6 Å². The summed E-state index contributed by atoms with van der Waals surface area (Å²) in [6.07, 6.45) is 27.9. The highest BCUT2D eigenvalue weighted by atomic mass is 14.9. The molecule has 6 nitrogen and oxygen atoms in total. The number of allylic oxidation sites excluding steroid dienone is 12. The van der Waals surface area contributed by atoms with E-state index in [0.717, 1.165) is 56.9 Å². The molecule has 0 radical (unpaired) electrons. The zero-order chi connectivity index (χ0) is 30.6. The lowest BCUT2D eigenvalue weighted by Crippen LogP contribution is -2.21. The van der Waals surface area contributed by atoms with Gasteiger partial charge in [0.2, 0.25) is 0 Å². The number of hydrogen-bond acceptors (Lipinski definition) is 6. The van der Waals surface area contributed by atoms with E-state index in [-0.39, 0.29) is 12.1 Å². The number of likely N-dealkylation sites (N-methyl/N-ethyl adjacent to an activating group) is 1. The predicted octanol–water partition coefficient (Wildman–Crippen LogP) is 7.05. The molecule has 2 aliphatic heterocycles. The lowest BCUT2D eigenvalue weighted by atomic mass is 9.89. The average molecular weight is 573 g/mol. The summed E-state index contributed by atoms with van der Waals surface area (Å²) in [5.74, 6) is 0. The van der Waals surface area contributed by atoms with Gasteiger partial charge in [0.1, 0.15) is 0 Å². The second kappa shape index (κ2) is 15.4. The van der Waals surface area contributed by atoms with E-state index in [2.05, 4.69) is 126 Å². The summed E-state index contributed by atoms with van der Waals surface area (Å²) in [4.78, 5) is 5.01. The Hall–Kier alpha value is -4.81. The number of hydrogen-bond donors (Lipinski definition) is 5. The van der Waals surface area contributed by atoms with E-state index in [4.69, 9.17) is 4.98 Å². The number of anilines is 1. The van der Waals surface area contributed by atoms with Gasteiger partial charge in [0.05, 0.1) is 11.7 Å². The zero-order valence-corrected chi connectivity index (χ0v) is 25.9. The molecule has 222 valence electrons. The molecule has 0 aliphatic carbocycles. The molecule has 0 fully saturated rings. The van der Waals surface area contributed by atoms with Gasteiger partial charge < -0.3 is 26.6 Å². The van der Waals surface area contributed by atoms with Gasteiger partial charge in [-0.1, -0.05) is 61.2 Å². The molecule has 43 heavy (non-hydrogen) atoms. The van der Waals surface area contributed by atoms with Crippen LogP contribution in [0.2, 0.25) is 0 Å². The van der Waals surface area contributed by atoms with Crippen molar-refractivity contribution in [3.8, 4) is 11.1 Å². The van der Waals surface area contributed by atoms with E-state index in [1.807, 2.05) is 51.9 Å². The maximum atomic E-state index is 5.01. The number of pyridine rings is 1. The van der Waals surface area contributed by atoms with Crippen LogP contribution >= 0.6 is 0 Å². The van der Waals surface area contributed by atoms with Crippen LogP contribution in [0.5, 0.6) is 0 Å². The van der Waals surface area contributed by atoms with E-state index in [1.165, 1.54) is 5.57 Å². The normalized spacial score (nSPS) is 17.7. The van der Waals surface area contributed by atoms with Gasteiger partial charge in [-0.25, -0.2) is 0 Å².